The van der Waals surface area contributed by atoms with Crippen LogP contribution >= 0.6 is 0 Å². The maximum atomic E-state index is 12.1. The monoisotopic (exact) mass is 230 g/mol. The van der Waals surface area contributed by atoms with Crippen molar-refractivity contribution in [3.05, 3.63) is 47.8 Å². The van der Waals surface area contributed by atoms with Gasteiger partial charge in [0.2, 0.25) is 0 Å². The number of amides is 1. The second kappa shape index (κ2) is 4.78. The Hall–Kier alpha value is -2.17. The molecule has 1 amide bonds. The number of hydrogen-bond acceptors (Lipinski definition) is 3. The Morgan fingerprint density at radius 3 is 2.94 bits per heavy atom. The summed E-state index contributed by atoms with van der Waals surface area (Å²) in [6.45, 7) is 2.37. The summed E-state index contributed by atoms with van der Waals surface area (Å²) < 4.78 is 0. The minimum absolute atomic E-state index is 0.0578. The fourth-order valence-electron chi connectivity index (χ4n) is 1.57. The molecule has 88 valence electrons. The molecule has 2 rings (SSSR count). The third kappa shape index (κ3) is 2.69. The van der Waals surface area contributed by atoms with Crippen molar-refractivity contribution in [2.24, 2.45) is 0 Å². The first-order chi connectivity index (χ1) is 8.16. The molecular formula is C12H14N4O. The van der Waals surface area contributed by atoms with Gasteiger partial charge in [0, 0.05) is 31.8 Å². The third-order valence-electron chi connectivity index (χ3n) is 2.41. The van der Waals surface area contributed by atoms with E-state index < -0.39 is 0 Å². The van der Waals surface area contributed by atoms with Crippen molar-refractivity contribution >= 4 is 5.91 Å². The molecule has 0 saturated heterocycles. The molecule has 1 N–H and O–H groups in total. The molecule has 0 aliphatic carbocycles. The predicted molar refractivity (Wildman–Crippen MR) is 63.4 cm³/mol. The fraction of sp³-hybridized carbons (Fsp3) is 0.250. The van der Waals surface area contributed by atoms with E-state index in [1.54, 1.807) is 36.7 Å². The Kier molecular flexibility index (Phi) is 3.18. The van der Waals surface area contributed by atoms with Crippen LogP contribution in [0.5, 0.6) is 0 Å². The van der Waals surface area contributed by atoms with E-state index in [9.17, 15) is 4.79 Å². The van der Waals surface area contributed by atoms with Gasteiger partial charge in [0.1, 0.15) is 5.82 Å². The largest absolute Gasteiger partial charge is 0.347 e. The van der Waals surface area contributed by atoms with E-state index in [1.807, 2.05) is 13.0 Å². The van der Waals surface area contributed by atoms with E-state index in [0.29, 0.717) is 12.1 Å². The summed E-state index contributed by atoms with van der Waals surface area (Å²) in [5.41, 5.74) is 1.57. The molecule has 17 heavy (non-hydrogen) atoms. The number of carbonyl (C=O) groups excluding carboxylic acids is 1. The maximum absolute atomic E-state index is 12.1. The molecule has 0 saturated carbocycles. The van der Waals surface area contributed by atoms with Gasteiger partial charge in [-0.1, -0.05) is 0 Å². The molecular weight excluding hydrogens is 216 g/mol. The molecule has 5 heteroatoms. The van der Waals surface area contributed by atoms with Gasteiger partial charge in [-0.05, 0) is 18.6 Å². The zero-order valence-corrected chi connectivity index (χ0v) is 9.84. The number of H-pyrrole nitrogens is 1. The number of aromatic amines is 1. The second-order valence-corrected chi connectivity index (χ2v) is 3.95. The summed E-state index contributed by atoms with van der Waals surface area (Å²) >= 11 is 0. The lowest BCUT2D eigenvalue weighted by molar-refractivity contribution is 0.0781. The van der Waals surface area contributed by atoms with Crippen LogP contribution in [-0.2, 0) is 6.54 Å². The summed E-state index contributed by atoms with van der Waals surface area (Å²) in [6, 6.07) is 1.83. The van der Waals surface area contributed by atoms with Crippen LogP contribution in [0.1, 0.15) is 21.7 Å². The Bertz CT molecular complexity index is 507. The molecule has 0 aliphatic rings. The van der Waals surface area contributed by atoms with Gasteiger partial charge in [-0.2, -0.15) is 0 Å². The standard InChI is InChI=1S/C12H14N4O/c1-9-5-10(7-13-6-9)12(17)16(2)8-11-14-3-4-15-11/h3-7H,8H2,1-2H3,(H,14,15). The van der Waals surface area contributed by atoms with E-state index in [-0.39, 0.29) is 5.91 Å². The number of hydrogen-bond donors (Lipinski definition) is 1. The number of pyridine rings is 1. The molecule has 2 heterocycles. The smallest absolute Gasteiger partial charge is 0.255 e. The Morgan fingerprint density at radius 2 is 2.29 bits per heavy atom. The Balaban J connectivity index is 2.09. The van der Waals surface area contributed by atoms with Crippen LogP contribution in [0.2, 0.25) is 0 Å². The molecule has 0 aromatic carbocycles. The number of nitrogens with one attached hydrogen (secondary N) is 1. The average Bonchev–Trinajstić information content (AvgIpc) is 2.80. The van der Waals surface area contributed by atoms with Gasteiger partial charge in [0.25, 0.3) is 5.91 Å². The van der Waals surface area contributed by atoms with Gasteiger partial charge >= 0.3 is 0 Å². The maximum Gasteiger partial charge on any atom is 0.255 e. The van der Waals surface area contributed by atoms with Crippen LogP contribution < -0.4 is 0 Å². The average molecular weight is 230 g/mol. The topological polar surface area (TPSA) is 61.9 Å². The fourth-order valence-corrected chi connectivity index (χ4v) is 1.57. The molecule has 0 fully saturated rings. The van der Waals surface area contributed by atoms with Crippen LogP contribution in [0.25, 0.3) is 0 Å². The molecule has 5 nitrogen and oxygen atoms in total. The SMILES string of the molecule is Cc1cncc(C(=O)N(C)Cc2ncc[nH]2)c1. The van der Waals surface area contributed by atoms with Gasteiger partial charge in [-0.15, -0.1) is 0 Å². The highest BCUT2D eigenvalue weighted by atomic mass is 16.2. The highest BCUT2D eigenvalue weighted by Crippen LogP contribution is 2.06. The van der Waals surface area contributed by atoms with Gasteiger partial charge in [0.05, 0.1) is 12.1 Å². The van der Waals surface area contributed by atoms with Crippen molar-refractivity contribution < 1.29 is 4.79 Å². The van der Waals surface area contributed by atoms with Crippen LogP contribution in [0.15, 0.2) is 30.9 Å². The van der Waals surface area contributed by atoms with E-state index in [0.717, 1.165) is 11.4 Å². The van der Waals surface area contributed by atoms with Crippen LogP contribution in [0.4, 0.5) is 0 Å². The number of aryl methyl sites for hydroxylation is 1. The quantitative estimate of drug-likeness (QED) is 0.866. The lowest BCUT2D eigenvalue weighted by atomic mass is 10.2. The van der Waals surface area contributed by atoms with Gasteiger partial charge in [-0.25, -0.2) is 4.98 Å². The van der Waals surface area contributed by atoms with E-state index >= 15 is 0 Å². The zero-order valence-electron chi connectivity index (χ0n) is 9.84. The van der Waals surface area contributed by atoms with Crippen molar-refractivity contribution in [3.8, 4) is 0 Å². The number of rotatable bonds is 3. The van der Waals surface area contributed by atoms with Crippen molar-refractivity contribution in [1.29, 1.82) is 0 Å². The molecule has 2 aromatic heterocycles. The minimum atomic E-state index is -0.0578. The molecule has 0 bridgehead atoms. The normalized spacial score (nSPS) is 10.2. The number of imidazole rings is 1. The zero-order chi connectivity index (χ0) is 12.3. The van der Waals surface area contributed by atoms with Crippen LogP contribution in [0, 0.1) is 6.92 Å². The van der Waals surface area contributed by atoms with E-state index in [4.69, 9.17) is 0 Å². The summed E-state index contributed by atoms with van der Waals surface area (Å²) in [5.74, 6) is 0.707. The lowest BCUT2D eigenvalue weighted by Crippen LogP contribution is -2.26. The Labute approximate surface area is 99.5 Å². The van der Waals surface area contributed by atoms with Crippen LogP contribution in [-0.4, -0.2) is 32.8 Å². The van der Waals surface area contributed by atoms with Gasteiger partial charge in [0.15, 0.2) is 0 Å². The van der Waals surface area contributed by atoms with E-state index in [2.05, 4.69) is 15.0 Å². The number of carbonyl (C=O) groups is 1. The van der Waals surface area contributed by atoms with Crippen molar-refractivity contribution in [2.75, 3.05) is 7.05 Å². The van der Waals surface area contributed by atoms with Gasteiger partial charge < -0.3 is 9.88 Å². The number of aromatic nitrogens is 3. The molecule has 0 aliphatic heterocycles. The third-order valence-corrected chi connectivity index (χ3v) is 2.41. The molecule has 2 aromatic rings. The highest BCUT2D eigenvalue weighted by molar-refractivity contribution is 5.93. The van der Waals surface area contributed by atoms with Crippen molar-refractivity contribution in [2.45, 2.75) is 13.5 Å². The van der Waals surface area contributed by atoms with Crippen molar-refractivity contribution in [3.63, 3.8) is 0 Å². The first kappa shape index (κ1) is 11.3. The molecule has 0 atom stereocenters. The summed E-state index contributed by atoms with van der Waals surface area (Å²) in [7, 11) is 1.74. The van der Waals surface area contributed by atoms with Crippen molar-refractivity contribution in [1.82, 2.24) is 19.9 Å². The second-order valence-electron chi connectivity index (χ2n) is 3.95. The first-order valence-corrected chi connectivity index (χ1v) is 5.32. The Morgan fingerprint density at radius 1 is 1.47 bits per heavy atom. The van der Waals surface area contributed by atoms with Crippen LogP contribution in [0.3, 0.4) is 0 Å². The molecule has 0 spiro atoms. The first-order valence-electron chi connectivity index (χ1n) is 5.32. The molecule has 0 radical (unpaired) electrons. The summed E-state index contributed by atoms with van der Waals surface area (Å²) in [4.78, 5) is 24.7. The predicted octanol–water partition coefficient (Wildman–Crippen LogP) is 1.39. The highest BCUT2D eigenvalue weighted by Gasteiger charge is 2.13. The lowest BCUT2D eigenvalue weighted by Gasteiger charge is -2.15. The summed E-state index contributed by atoms with van der Waals surface area (Å²) in [6.07, 6.45) is 6.71. The number of nitrogens with zero attached hydrogens (tertiary/aromatic N) is 3. The van der Waals surface area contributed by atoms with Gasteiger partial charge in [-0.3, -0.25) is 9.78 Å². The minimum Gasteiger partial charge on any atom is -0.347 e. The van der Waals surface area contributed by atoms with E-state index in [1.165, 1.54) is 0 Å². The molecule has 0 unspecified atom stereocenters. The summed E-state index contributed by atoms with van der Waals surface area (Å²) in [5, 5.41) is 0.